The number of hydrogen-bond acceptors (Lipinski definition) is 8. The van der Waals surface area contributed by atoms with Gasteiger partial charge in [0.25, 0.3) is 0 Å². The van der Waals surface area contributed by atoms with Crippen LogP contribution in [0.3, 0.4) is 0 Å². The highest BCUT2D eigenvalue weighted by molar-refractivity contribution is 7.47. The molecule has 0 aliphatic carbocycles. The molecule has 0 heterocycles. The average molecular weight is 1120 g/mol. The van der Waals surface area contributed by atoms with E-state index in [4.69, 9.17) is 24.3 Å². The van der Waals surface area contributed by atoms with Gasteiger partial charge in [0.05, 0.1) is 13.2 Å². The molecular weight excluding hydrogens is 990 g/mol. The van der Waals surface area contributed by atoms with Gasteiger partial charge in [-0.1, -0.05) is 326 Å². The van der Waals surface area contributed by atoms with Gasteiger partial charge in [-0.05, 0) is 51.4 Å². The Morgan fingerprint density at radius 2 is 0.667 bits per heavy atom. The molecule has 460 valence electrons. The number of ether oxygens (including phenoxy) is 2. The smallest absolute Gasteiger partial charge is 0.462 e. The highest BCUT2D eigenvalue weighted by Gasteiger charge is 2.26. The number of unbranched alkanes of at least 4 members (excludes halogenated alkanes) is 46. The number of carbonyl (C=O) groups excluding carboxylic acids is 2. The first kappa shape index (κ1) is 76.2. The SMILES string of the molecule is CCCCCCC/C=C\C/C=C\C/C=C\CCCCCCCCCCCCCCCCCCCCCCCCC(=O)OC(COC(=O)CCCCCCCCCCCCCCCCCCCCCC)COP(=O)(O)OCCN. The highest BCUT2D eigenvalue weighted by atomic mass is 31.2. The Morgan fingerprint density at radius 1 is 0.385 bits per heavy atom. The summed E-state index contributed by atoms with van der Waals surface area (Å²) in [5, 5.41) is 0. The van der Waals surface area contributed by atoms with Gasteiger partial charge >= 0.3 is 19.8 Å². The molecule has 0 aromatic heterocycles. The molecule has 0 aliphatic heterocycles. The molecule has 0 aromatic rings. The molecule has 9 nitrogen and oxygen atoms in total. The van der Waals surface area contributed by atoms with E-state index in [1.54, 1.807) is 0 Å². The van der Waals surface area contributed by atoms with Crippen LogP contribution in [0.5, 0.6) is 0 Å². The Kier molecular flexibility index (Phi) is 62.9. The fourth-order valence-electron chi connectivity index (χ4n) is 10.2. The predicted molar refractivity (Wildman–Crippen MR) is 335 cm³/mol. The predicted octanol–water partition coefficient (Wildman–Crippen LogP) is 21.9. The number of esters is 2. The summed E-state index contributed by atoms with van der Waals surface area (Å²) in [4.78, 5) is 35.3. The van der Waals surface area contributed by atoms with E-state index in [0.717, 1.165) is 44.9 Å². The van der Waals surface area contributed by atoms with Crippen molar-refractivity contribution in [2.75, 3.05) is 26.4 Å². The Bertz CT molecular complexity index is 1370. The van der Waals surface area contributed by atoms with Crippen LogP contribution in [-0.2, 0) is 32.7 Å². The van der Waals surface area contributed by atoms with Gasteiger partial charge in [0, 0.05) is 19.4 Å². The summed E-state index contributed by atoms with van der Waals surface area (Å²) >= 11 is 0. The lowest BCUT2D eigenvalue weighted by Crippen LogP contribution is -2.29. The van der Waals surface area contributed by atoms with E-state index >= 15 is 0 Å². The molecular formula is C68H130NO8P. The topological polar surface area (TPSA) is 134 Å². The molecule has 0 saturated heterocycles. The van der Waals surface area contributed by atoms with E-state index < -0.39 is 26.5 Å². The molecule has 0 rings (SSSR count). The largest absolute Gasteiger partial charge is 0.472 e. The van der Waals surface area contributed by atoms with Crippen molar-refractivity contribution in [3.05, 3.63) is 36.5 Å². The number of phosphoric ester groups is 1. The van der Waals surface area contributed by atoms with Crippen LogP contribution in [-0.4, -0.2) is 49.3 Å². The maximum atomic E-state index is 12.7. The van der Waals surface area contributed by atoms with Gasteiger partial charge in [-0.3, -0.25) is 18.6 Å². The number of allylic oxidation sites excluding steroid dienone is 6. The van der Waals surface area contributed by atoms with Gasteiger partial charge in [0.15, 0.2) is 6.10 Å². The number of carbonyl (C=O) groups is 2. The van der Waals surface area contributed by atoms with E-state index in [1.807, 2.05) is 0 Å². The normalized spacial score (nSPS) is 13.1. The molecule has 3 N–H and O–H groups in total. The van der Waals surface area contributed by atoms with Gasteiger partial charge in [0.2, 0.25) is 0 Å². The lowest BCUT2D eigenvalue weighted by Gasteiger charge is -2.19. The van der Waals surface area contributed by atoms with Gasteiger partial charge in [-0.15, -0.1) is 0 Å². The Hall–Kier alpha value is -1.77. The zero-order valence-corrected chi connectivity index (χ0v) is 52.6. The first-order chi connectivity index (χ1) is 38.3. The van der Waals surface area contributed by atoms with Crippen molar-refractivity contribution in [3.63, 3.8) is 0 Å². The molecule has 2 unspecified atom stereocenters. The van der Waals surface area contributed by atoms with E-state index in [1.165, 1.54) is 276 Å². The van der Waals surface area contributed by atoms with Gasteiger partial charge in [0.1, 0.15) is 6.61 Å². The van der Waals surface area contributed by atoms with Crippen molar-refractivity contribution >= 4 is 19.8 Å². The first-order valence-electron chi connectivity index (χ1n) is 34.0. The summed E-state index contributed by atoms with van der Waals surface area (Å²) in [6, 6.07) is 0. The molecule has 0 spiro atoms. The Morgan fingerprint density at radius 3 is 0.987 bits per heavy atom. The highest BCUT2D eigenvalue weighted by Crippen LogP contribution is 2.43. The first-order valence-corrected chi connectivity index (χ1v) is 35.5. The Balaban J connectivity index is 3.79. The maximum absolute atomic E-state index is 12.7. The third-order valence-electron chi connectivity index (χ3n) is 15.3. The zero-order chi connectivity index (χ0) is 56.6. The number of nitrogens with two attached hydrogens (primary N) is 1. The van der Waals surface area contributed by atoms with Crippen LogP contribution in [0.2, 0.25) is 0 Å². The second-order valence-corrected chi connectivity index (χ2v) is 24.5. The minimum Gasteiger partial charge on any atom is -0.462 e. The molecule has 2 atom stereocenters. The fraction of sp³-hybridized carbons (Fsp3) is 0.882. The zero-order valence-electron chi connectivity index (χ0n) is 51.7. The summed E-state index contributed by atoms with van der Waals surface area (Å²) < 4.78 is 33.1. The van der Waals surface area contributed by atoms with Crippen LogP contribution in [0, 0.1) is 0 Å². The summed E-state index contributed by atoms with van der Waals surface area (Å²) in [5.41, 5.74) is 5.40. The third-order valence-corrected chi connectivity index (χ3v) is 16.3. The second kappa shape index (κ2) is 64.4. The molecule has 0 saturated carbocycles. The van der Waals surface area contributed by atoms with Gasteiger partial charge in [-0.25, -0.2) is 4.57 Å². The maximum Gasteiger partial charge on any atom is 0.472 e. The molecule has 0 fully saturated rings. The number of rotatable bonds is 65. The molecule has 0 radical (unpaired) electrons. The van der Waals surface area contributed by atoms with Crippen molar-refractivity contribution in [3.8, 4) is 0 Å². The van der Waals surface area contributed by atoms with Crippen LogP contribution in [0.4, 0.5) is 0 Å². The van der Waals surface area contributed by atoms with E-state index in [-0.39, 0.29) is 38.6 Å². The quantitative estimate of drug-likeness (QED) is 0.0264. The molecule has 10 heteroatoms. The van der Waals surface area contributed by atoms with Gasteiger partial charge < -0.3 is 20.1 Å². The van der Waals surface area contributed by atoms with Crippen molar-refractivity contribution in [1.82, 2.24) is 0 Å². The van der Waals surface area contributed by atoms with Crippen LogP contribution in [0.15, 0.2) is 36.5 Å². The number of hydrogen-bond donors (Lipinski definition) is 2. The minimum absolute atomic E-state index is 0.0566. The lowest BCUT2D eigenvalue weighted by atomic mass is 10.0. The van der Waals surface area contributed by atoms with E-state index in [9.17, 15) is 19.0 Å². The van der Waals surface area contributed by atoms with Crippen LogP contribution in [0.1, 0.15) is 354 Å². The standard InChI is InChI=1S/C68H130NO8P/c1-3-5-7-9-11-13-15-17-19-21-23-25-26-27-28-29-30-31-32-33-34-35-36-37-38-39-40-41-43-45-47-49-51-53-55-57-59-61-68(71)77-66(65-76-78(72,73)75-63-62-69)64-74-67(70)60-58-56-54-52-50-48-46-44-42-24-22-20-18-16-14-12-10-8-6-4-2/h15,17,21,23,26-27,66H,3-14,16,18-20,22,24-25,28-65,69H2,1-2H3,(H,72,73)/b17-15-,23-21-,27-26-. The number of phosphoric acid groups is 1. The van der Waals surface area contributed by atoms with E-state index in [0.29, 0.717) is 6.42 Å². The lowest BCUT2D eigenvalue weighted by molar-refractivity contribution is -0.161. The molecule has 0 aliphatic rings. The molecule has 0 aromatic carbocycles. The van der Waals surface area contributed by atoms with E-state index in [2.05, 4.69) is 50.3 Å². The van der Waals surface area contributed by atoms with Crippen molar-refractivity contribution in [1.29, 1.82) is 0 Å². The summed E-state index contributed by atoms with van der Waals surface area (Å²) in [7, 11) is -4.39. The van der Waals surface area contributed by atoms with Crippen LogP contribution < -0.4 is 5.73 Å². The van der Waals surface area contributed by atoms with Crippen LogP contribution in [0.25, 0.3) is 0 Å². The molecule has 78 heavy (non-hydrogen) atoms. The second-order valence-electron chi connectivity index (χ2n) is 23.1. The van der Waals surface area contributed by atoms with Crippen molar-refractivity contribution in [2.45, 2.75) is 360 Å². The third kappa shape index (κ3) is 63.4. The molecule has 0 amide bonds. The average Bonchev–Trinajstić information content (AvgIpc) is 3.43. The Labute approximate surface area is 484 Å². The fourth-order valence-corrected chi connectivity index (χ4v) is 11.0. The summed E-state index contributed by atoms with van der Waals surface area (Å²) in [6.07, 6.45) is 79.5. The minimum atomic E-state index is -4.39. The van der Waals surface area contributed by atoms with Crippen LogP contribution >= 0.6 is 7.82 Å². The van der Waals surface area contributed by atoms with Crippen molar-refractivity contribution < 1.29 is 37.6 Å². The monoisotopic (exact) mass is 1120 g/mol. The summed E-state index contributed by atoms with van der Waals surface area (Å²) in [6.45, 7) is 3.80. The van der Waals surface area contributed by atoms with Crippen molar-refractivity contribution in [2.24, 2.45) is 5.73 Å². The summed E-state index contributed by atoms with van der Waals surface area (Å²) in [5.74, 6) is -0.805. The van der Waals surface area contributed by atoms with Gasteiger partial charge in [-0.2, -0.15) is 0 Å². The molecule has 0 bridgehead atoms.